The van der Waals surface area contributed by atoms with E-state index in [1.165, 1.54) is 6.07 Å². The molecule has 1 aliphatic carbocycles. The molecule has 16 heavy (non-hydrogen) atoms. The minimum atomic E-state index is -0.638. The Labute approximate surface area is 91.0 Å². The smallest absolute Gasteiger partial charge is 0.282 e. The lowest BCUT2D eigenvalue weighted by atomic mass is 10.1. The van der Waals surface area contributed by atoms with Crippen LogP contribution in [0.1, 0.15) is 23.2 Å². The average molecular weight is 222 g/mol. The van der Waals surface area contributed by atoms with Crippen LogP contribution in [-0.2, 0) is 0 Å². The van der Waals surface area contributed by atoms with E-state index in [9.17, 15) is 20.0 Å². The fourth-order valence-corrected chi connectivity index (χ4v) is 1.36. The van der Waals surface area contributed by atoms with Gasteiger partial charge in [0.2, 0.25) is 0 Å². The zero-order valence-corrected chi connectivity index (χ0v) is 8.34. The van der Waals surface area contributed by atoms with Gasteiger partial charge in [-0.25, -0.2) is 0 Å². The molecular weight excluding hydrogens is 212 g/mol. The normalized spacial score (nSPS) is 14.5. The average Bonchev–Trinajstić information content (AvgIpc) is 3.01. The van der Waals surface area contributed by atoms with Crippen LogP contribution in [-0.4, -0.2) is 22.0 Å². The third kappa shape index (κ3) is 2.10. The number of hydrogen-bond donors (Lipinski definition) is 2. The molecule has 1 aromatic carbocycles. The Morgan fingerprint density at radius 3 is 2.75 bits per heavy atom. The molecule has 0 bridgehead atoms. The van der Waals surface area contributed by atoms with Gasteiger partial charge in [-0.1, -0.05) is 0 Å². The molecule has 1 amide bonds. The van der Waals surface area contributed by atoms with Crippen molar-refractivity contribution in [3.05, 3.63) is 33.9 Å². The van der Waals surface area contributed by atoms with Crippen LogP contribution in [0.5, 0.6) is 5.75 Å². The number of carbonyl (C=O) groups is 1. The van der Waals surface area contributed by atoms with Crippen molar-refractivity contribution in [1.82, 2.24) is 5.32 Å². The zero-order chi connectivity index (χ0) is 11.7. The van der Waals surface area contributed by atoms with Gasteiger partial charge in [0.15, 0.2) is 0 Å². The monoisotopic (exact) mass is 222 g/mol. The van der Waals surface area contributed by atoms with Gasteiger partial charge in [0.25, 0.3) is 11.6 Å². The first-order chi connectivity index (χ1) is 7.58. The van der Waals surface area contributed by atoms with E-state index in [4.69, 9.17) is 0 Å². The molecule has 0 saturated heterocycles. The summed E-state index contributed by atoms with van der Waals surface area (Å²) in [4.78, 5) is 21.7. The van der Waals surface area contributed by atoms with Crippen LogP contribution in [0.3, 0.4) is 0 Å². The first kappa shape index (κ1) is 10.4. The highest BCUT2D eigenvalue weighted by molar-refractivity contribution is 5.98. The lowest BCUT2D eigenvalue weighted by Gasteiger charge is -2.04. The van der Waals surface area contributed by atoms with Gasteiger partial charge in [0.05, 0.1) is 4.92 Å². The number of nitrogens with zero attached hydrogens (tertiary/aromatic N) is 1. The topological polar surface area (TPSA) is 92.5 Å². The van der Waals surface area contributed by atoms with Gasteiger partial charge in [0.1, 0.15) is 11.3 Å². The molecule has 1 saturated carbocycles. The van der Waals surface area contributed by atoms with Crippen LogP contribution >= 0.6 is 0 Å². The minimum Gasteiger partial charge on any atom is -0.508 e. The highest BCUT2D eigenvalue weighted by Gasteiger charge is 2.27. The van der Waals surface area contributed by atoms with Crippen LogP contribution < -0.4 is 5.32 Å². The van der Waals surface area contributed by atoms with Gasteiger partial charge in [-0.15, -0.1) is 0 Å². The van der Waals surface area contributed by atoms with Crippen molar-refractivity contribution in [3.63, 3.8) is 0 Å². The molecule has 0 aromatic heterocycles. The number of aromatic hydroxyl groups is 1. The summed E-state index contributed by atoms with van der Waals surface area (Å²) >= 11 is 0. The summed E-state index contributed by atoms with van der Waals surface area (Å²) in [5.74, 6) is -0.670. The first-order valence-corrected chi connectivity index (χ1v) is 4.86. The molecule has 2 rings (SSSR count). The van der Waals surface area contributed by atoms with Crippen LogP contribution in [0.15, 0.2) is 18.2 Å². The number of phenols is 1. The second-order valence-electron chi connectivity index (χ2n) is 3.71. The van der Waals surface area contributed by atoms with Crippen LogP contribution in [0, 0.1) is 10.1 Å². The van der Waals surface area contributed by atoms with Gasteiger partial charge in [-0.05, 0) is 25.0 Å². The highest BCUT2D eigenvalue weighted by atomic mass is 16.6. The second kappa shape index (κ2) is 3.80. The fraction of sp³-hybridized carbons (Fsp3) is 0.300. The third-order valence-electron chi connectivity index (χ3n) is 2.33. The Hall–Kier alpha value is -2.11. The molecule has 0 heterocycles. The number of carbonyl (C=O) groups excluding carboxylic acids is 1. The Morgan fingerprint density at radius 2 is 2.19 bits per heavy atom. The summed E-state index contributed by atoms with van der Waals surface area (Å²) in [6, 6.07) is 3.54. The highest BCUT2D eigenvalue weighted by Crippen LogP contribution is 2.25. The predicted molar refractivity (Wildman–Crippen MR) is 55.2 cm³/mol. The predicted octanol–water partition coefficient (Wildman–Crippen LogP) is 1.19. The summed E-state index contributed by atoms with van der Waals surface area (Å²) < 4.78 is 0. The molecule has 6 heteroatoms. The second-order valence-corrected chi connectivity index (χ2v) is 3.71. The molecular formula is C10H10N2O4. The van der Waals surface area contributed by atoms with E-state index in [1.54, 1.807) is 0 Å². The van der Waals surface area contributed by atoms with E-state index in [2.05, 4.69) is 5.32 Å². The number of nitro groups is 1. The van der Waals surface area contributed by atoms with E-state index in [-0.39, 0.29) is 23.0 Å². The van der Waals surface area contributed by atoms with Crippen molar-refractivity contribution in [2.75, 3.05) is 0 Å². The van der Waals surface area contributed by atoms with Gasteiger partial charge < -0.3 is 10.4 Å². The van der Waals surface area contributed by atoms with Gasteiger partial charge in [-0.2, -0.15) is 0 Å². The SMILES string of the molecule is O=C(NC1CC1)c1cc(O)ccc1[N+](=O)[O-]. The number of amides is 1. The lowest BCUT2D eigenvalue weighted by molar-refractivity contribution is -0.385. The Bertz CT molecular complexity index is 454. The van der Waals surface area contributed by atoms with Gasteiger partial charge in [-0.3, -0.25) is 14.9 Å². The van der Waals surface area contributed by atoms with Crippen LogP contribution in [0.4, 0.5) is 5.69 Å². The molecule has 84 valence electrons. The number of nitrogens with one attached hydrogen (secondary N) is 1. The number of phenolic OH excluding ortho intramolecular Hbond substituents is 1. The summed E-state index contributed by atoms with van der Waals surface area (Å²) in [5.41, 5.74) is -0.396. The number of nitro benzene ring substituents is 1. The maximum Gasteiger partial charge on any atom is 0.282 e. The van der Waals surface area contributed by atoms with E-state index in [0.717, 1.165) is 25.0 Å². The van der Waals surface area contributed by atoms with Crippen molar-refractivity contribution in [3.8, 4) is 5.75 Å². The first-order valence-electron chi connectivity index (χ1n) is 4.86. The van der Waals surface area contributed by atoms with Crippen LogP contribution in [0.2, 0.25) is 0 Å². The van der Waals surface area contributed by atoms with E-state index < -0.39 is 10.8 Å². The molecule has 6 nitrogen and oxygen atoms in total. The fourth-order valence-electron chi connectivity index (χ4n) is 1.36. The van der Waals surface area contributed by atoms with Crippen molar-refractivity contribution >= 4 is 11.6 Å². The molecule has 2 N–H and O–H groups in total. The van der Waals surface area contributed by atoms with Crippen molar-refractivity contribution in [1.29, 1.82) is 0 Å². The van der Waals surface area contributed by atoms with Gasteiger partial charge >= 0.3 is 0 Å². The third-order valence-corrected chi connectivity index (χ3v) is 2.33. The summed E-state index contributed by atoms with van der Waals surface area (Å²) in [6.07, 6.45) is 1.80. The Balaban J connectivity index is 2.31. The summed E-state index contributed by atoms with van der Waals surface area (Å²) in [5, 5.41) is 22.5. The zero-order valence-electron chi connectivity index (χ0n) is 8.34. The van der Waals surface area contributed by atoms with Crippen LogP contribution in [0.25, 0.3) is 0 Å². The molecule has 1 fully saturated rings. The molecule has 0 radical (unpaired) electrons. The molecule has 0 unspecified atom stereocenters. The minimum absolute atomic E-state index is 0.100. The summed E-state index contributed by atoms with van der Waals surface area (Å²) in [6.45, 7) is 0. The molecule has 1 aliphatic rings. The number of hydrogen-bond acceptors (Lipinski definition) is 4. The largest absolute Gasteiger partial charge is 0.508 e. The van der Waals surface area contributed by atoms with E-state index in [0.29, 0.717) is 0 Å². The quantitative estimate of drug-likeness (QED) is 0.593. The number of benzene rings is 1. The summed E-state index contributed by atoms with van der Waals surface area (Å²) in [7, 11) is 0. The maximum atomic E-state index is 11.6. The van der Waals surface area contributed by atoms with E-state index >= 15 is 0 Å². The van der Waals surface area contributed by atoms with Crippen molar-refractivity contribution in [2.45, 2.75) is 18.9 Å². The Kier molecular flexibility index (Phi) is 2.47. The molecule has 0 atom stereocenters. The Morgan fingerprint density at radius 1 is 1.50 bits per heavy atom. The maximum absolute atomic E-state index is 11.6. The standard InChI is InChI=1S/C10H10N2O4/c13-7-3-4-9(12(15)16)8(5-7)10(14)11-6-1-2-6/h3-6,13H,1-2H2,(H,11,14). The lowest BCUT2D eigenvalue weighted by Crippen LogP contribution is -2.26. The molecule has 1 aromatic rings. The van der Waals surface area contributed by atoms with Crippen molar-refractivity contribution < 1.29 is 14.8 Å². The van der Waals surface area contributed by atoms with E-state index in [1.807, 2.05) is 0 Å². The number of rotatable bonds is 3. The molecule has 0 aliphatic heterocycles. The van der Waals surface area contributed by atoms with Gasteiger partial charge in [0, 0.05) is 12.1 Å². The van der Waals surface area contributed by atoms with Crippen molar-refractivity contribution in [2.24, 2.45) is 0 Å². The molecule has 0 spiro atoms.